The Bertz CT molecular complexity index is 1080. The lowest BCUT2D eigenvalue weighted by Gasteiger charge is -2.04. The molecule has 2 heterocycles. The predicted octanol–water partition coefficient (Wildman–Crippen LogP) is 4.98. The van der Waals surface area contributed by atoms with Crippen LogP contribution in [0.2, 0.25) is 0 Å². The molecular formula is C20H15NO3S. The first-order valence-electron chi connectivity index (χ1n) is 7.96. The van der Waals surface area contributed by atoms with Crippen LogP contribution in [0.25, 0.3) is 32.8 Å². The topological polar surface area (TPSA) is 52.3 Å². The van der Waals surface area contributed by atoms with Crippen LogP contribution < -0.4 is 10.2 Å². The van der Waals surface area contributed by atoms with Crippen molar-refractivity contribution in [3.63, 3.8) is 0 Å². The van der Waals surface area contributed by atoms with Crippen molar-refractivity contribution in [2.45, 2.75) is 6.92 Å². The van der Waals surface area contributed by atoms with E-state index in [1.165, 1.54) is 17.6 Å². The van der Waals surface area contributed by atoms with E-state index in [-0.39, 0.29) is 5.43 Å². The summed E-state index contributed by atoms with van der Waals surface area (Å²) in [5.74, 6) is 0.686. The van der Waals surface area contributed by atoms with Crippen LogP contribution in [0.1, 0.15) is 6.92 Å². The molecule has 0 saturated carbocycles. The van der Waals surface area contributed by atoms with E-state index in [0.29, 0.717) is 34.6 Å². The Morgan fingerprint density at radius 2 is 2.00 bits per heavy atom. The summed E-state index contributed by atoms with van der Waals surface area (Å²) < 4.78 is 11.1. The van der Waals surface area contributed by atoms with E-state index in [9.17, 15) is 4.79 Å². The molecule has 25 heavy (non-hydrogen) atoms. The number of ether oxygens (including phenoxy) is 1. The van der Waals surface area contributed by atoms with Crippen LogP contribution >= 0.6 is 11.3 Å². The molecular weight excluding hydrogens is 334 g/mol. The van der Waals surface area contributed by atoms with E-state index >= 15 is 0 Å². The van der Waals surface area contributed by atoms with Gasteiger partial charge in [0.05, 0.1) is 23.3 Å². The van der Waals surface area contributed by atoms with Gasteiger partial charge in [-0.15, -0.1) is 11.3 Å². The minimum Gasteiger partial charge on any atom is -0.494 e. The quantitative estimate of drug-likeness (QED) is 0.521. The highest BCUT2D eigenvalue weighted by Gasteiger charge is 2.13. The maximum atomic E-state index is 12.8. The number of nitrogens with zero attached hydrogens (tertiary/aromatic N) is 1. The fourth-order valence-corrected chi connectivity index (χ4v) is 3.48. The number of thiazole rings is 1. The Balaban J connectivity index is 1.77. The molecule has 0 atom stereocenters. The lowest BCUT2D eigenvalue weighted by Crippen LogP contribution is -2.05. The van der Waals surface area contributed by atoms with Gasteiger partial charge in [-0.25, -0.2) is 4.98 Å². The molecule has 5 heteroatoms. The van der Waals surface area contributed by atoms with E-state index in [1.807, 2.05) is 42.6 Å². The summed E-state index contributed by atoms with van der Waals surface area (Å²) in [4.78, 5) is 17.4. The van der Waals surface area contributed by atoms with Gasteiger partial charge in [-0.2, -0.15) is 0 Å². The third-order valence-corrected chi connectivity index (χ3v) is 4.75. The van der Waals surface area contributed by atoms with Crippen LogP contribution in [0.5, 0.6) is 5.75 Å². The Labute approximate surface area is 148 Å². The van der Waals surface area contributed by atoms with Crippen molar-refractivity contribution in [1.29, 1.82) is 0 Å². The molecule has 4 aromatic rings. The molecule has 0 spiro atoms. The average Bonchev–Trinajstić information content (AvgIpc) is 3.13. The lowest BCUT2D eigenvalue weighted by molar-refractivity contribution is 0.340. The molecule has 0 aliphatic heterocycles. The SMILES string of the molecule is CCOc1ccc2c(=O)c(-c3csc(-c4ccccc4)n3)coc2c1. The molecule has 0 saturated heterocycles. The standard InChI is InChI=1S/C20H15NO3S/c1-2-23-14-8-9-15-18(10-14)24-11-16(19(15)22)17-12-25-20(21-17)13-6-4-3-5-7-13/h3-12H,2H2,1H3. The molecule has 0 aliphatic carbocycles. The maximum absolute atomic E-state index is 12.8. The van der Waals surface area contributed by atoms with Crippen molar-refractivity contribution in [1.82, 2.24) is 4.98 Å². The third-order valence-electron chi connectivity index (χ3n) is 3.86. The molecule has 4 nitrogen and oxygen atoms in total. The van der Waals surface area contributed by atoms with Gasteiger partial charge in [0.15, 0.2) is 0 Å². The summed E-state index contributed by atoms with van der Waals surface area (Å²) in [5, 5.41) is 3.28. The number of hydrogen-bond donors (Lipinski definition) is 0. The molecule has 0 amide bonds. The summed E-state index contributed by atoms with van der Waals surface area (Å²) >= 11 is 1.51. The highest BCUT2D eigenvalue weighted by atomic mass is 32.1. The molecule has 124 valence electrons. The number of hydrogen-bond acceptors (Lipinski definition) is 5. The zero-order valence-electron chi connectivity index (χ0n) is 13.6. The number of aromatic nitrogens is 1. The van der Waals surface area contributed by atoms with Crippen molar-refractivity contribution in [2.75, 3.05) is 6.61 Å². The monoisotopic (exact) mass is 349 g/mol. The molecule has 0 N–H and O–H groups in total. The van der Waals surface area contributed by atoms with Gasteiger partial charge in [-0.05, 0) is 19.1 Å². The molecule has 2 aromatic carbocycles. The van der Waals surface area contributed by atoms with Gasteiger partial charge in [0.2, 0.25) is 5.43 Å². The lowest BCUT2D eigenvalue weighted by atomic mass is 10.1. The van der Waals surface area contributed by atoms with E-state index in [2.05, 4.69) is 4.98 Å². The third kappa shape index (κ3) is 2.94. The summed E-state index contributed by atoms with van der Waals surface area (Å²) in [6.07, 6.45) is 1.48. The second-order valence-electron chi connectivity index (χ2n) is 5.47. The second kappa shape index (κ2) is 6.53. The van der Waals surface area contributed by atoms with Gasteiger partial charge in [0.1, 0.15) is 22.6 Å². The minimum absolute atomic E-state index is 0.0887. The molecule has 0 bridgehead atoms. The van der Waals surface area contributed by atoms with E-state index < -0.39 is 0 Å². The van der Waals surface area contributed by atoms with Gasteiger partial charge in [-0.3, -0.25) is 4.79 Å². The Morgan fingerprint density at radius 3 is 2.80 bits per heavy atom. The molecule has 4 rings (SSSR count). The summed E-state index contributed by atoms with van der Waals surface area (Å²) in [5.41, 5.74) is 2.56. The molecule has 2 aromatic heterocycles. The fraction of sp³-hybridized carbons (Fsp3) is 0.100. The Morgan fingerprint density at radius 1 is 1.16 bits per heavy atom. The number of rotatable bonds is 4. The van der Waals surface area contributed by atoms with Crippen molar-refractivity contribution >= 4 is 22.3 Å². The number of fused-ring (bicyclic) bond motifs is 1. The zero-order valence-corrected chi connectivity index (χ0v) is 14.4. The smallest absolute Gasteiger partial charge is 0.202 e. The van der Waals surface area contributed by atoms with Crippen LogP contribution in [0.4, 0.5) is 0 Å². The van der Waals surface area contributed by atoms with Crippen molar-refractivity contribution in [2.24, 2.45) is 0 Å². The van der Waals surface area contributed by atoms with Gasteiger partial charge in [0.25, 0.3) is 0 Å². The first-order valence-corrected chi connectivity index (χ1v) is 8.84. The molecule has 0 fully saturated rings. The molecule has 0 unspecified atom stereocenters. The highest BCUT2D eigenvalue weighted by molar-refractivity contribution is 7.13. The largest absolute Gasteiger partial charge is 0.494 e. The summed E-state index contributed by atoms with van der Waals surface area (Å²) in [7, 11) is 0. The fourth-order valence-electron chi connectivity index (χ4n) is 2.65. The second-order valence-corrected chi connectivity index (χ2v) is 6.33. The normalized spacial score (nSPS) is 10.9. The summed E-state index contributed by atoms with van der Waals surface area (Å²) in [6, 6.07) is 15.2. The van der Waals surface area contributed by atoms with Crippen LogP contribution in [0.15, 0.2) is 69.4 Å². The predicted molar refractivity (Wildman–Crippen MR) is 100 cm³/mol. The highest BCUT2D eigenvalue weighted by Crippen LogP contribution is 2.28. The van der Waals surface area contributed by atoms with Crippen LogP contribution in [0.3, 0.4) is 0 Å². The maximum Gasteiger partial charge on any atom is 0.202 e. The van der Waals surface area contributed by atoms with Crippen LogP contribution in [-0.2, 0) is 0 Å². The first kappa shape index (κ1) is 15.6. The van der Waals surface area contributed by atoms with Gasteiger partial charge in [-0.1, -0.05) is 30.3 Å². The van der Waals surface area contributed by atoms with Crippen molar-refractivity contribution < 1.29 is 9.15 Å². The van der Waals surface area contributed by atoms with Gasteiger partial charge >= 0.3 is 0 Å². The van der Waals surface area contributed by atoms with Crippen LogP contribution in [0, 0.1) is 0 Å². The number of benzene rings is 2. The van der Waals surface area contributed by atoms with Gasteiger partial charge < -0.3 is 9.15 Å². The van der Waals surface area contributed by atoms with E-state index in [4.69, 9.17) is 9.15 Å². The Kier molecular flexibility index (Phi) is 4.07. The van der Waals surface area contributed by atoms with Crippen molar-refractivity contribution in [3.05, 3.63) is 70.4 Å². The molecule has 0 aliphatic rings. The van der Waals surface area contributed by atoms with Gasteiger partial charge in [0, 0.05) is 17.0 Å². The zero-order chi connectivity index (χ0) is 17.2. The van der Waals surface area contributed by atoms with E-state index in [0.717, 1.165) is 10.6 Å². The summed E-state index contributed by atoms with van der Waals surface area (Å²) in [6.45, 7) is 2.48. The Hall–Kier alpha value is -2.92. The van der Waals surface area contributed by atoms with Crippen LogP contribution in [-0.4, -0.2) is 11.6 Å². The minimum atomic E-state index is -0.0887. The first-order chi connectivity index (χ1) is 12.3. The van der Waals surface area contributed by atoms with E-state index in [1.54, 1.807) is 18.2 Å². The van der Waals surface area contributed by atoms with Crippen molar-refractivity contribution in [3.8, 4) is 27.6 Å². The molecule has 0 radical (unpaired) electrons. The average molecular weight is 349 g/mol.